The number of nitrogens with zero attached hydrogens (tertiary/aromatic N) is 3. The second-order valence-corrected chi connectivity index (χ2v) is 5.98. The molecular weight excluding hydrogens is 403 g/mol. The molecule has 1 atom stereocenters. The van der Waals surface area contributed by atoms with Crippen LogP contribution in [0.2, 0.25) is 0 Å². The van der Waals surface area contributed by atoms with E-state index in [1.165, 1.54) is 6.21 Å². The summed E-state index contributed by atoms with van der Waals surface area (Å²) < 4.78 is 37.9. The van der Waals surface area contributed by atoms with E-state index in [4.69, 9.17) is 16.9 Å². The highest BCUT2D eigenvalue weighted by Gasteiger charge is 2.31. The Balaban J connectivity index is 2.26. The number of nitrogens with two attached hydrogens (primary N) is 2. The van der Waals surface area contributed by atoms with Crippen LogP contribution in [-0.2, 0) is 0 Å². The van der Waals surface area contributed by atoms with E-state index in [1.807, 2.05) is 0 Å². The van der Waals surface area contributed by atoms with Gasteiger partial charge in [-0.25, -0.2) is 4.98 Å². The minimum atomic E-state index is -4.42. The molecule has 0 bridgehead atoms. The van der Waals surface area contributed by atoms with E-state index < -0.39 is 24.5 Å². The maximum absolute atomic E-state index is 12.6. The summed E-state index contributed by atoms with van der Waals surface area (Å²) in [4.78, 5) is 19.6. The predicted octanol–water partition coefficient (Wildman–Crippen LogP) is 2.06. The van der Waals surface area contributed by atoms with Gasteiger partial charge >= 0.3 is 6.18 Å². The molecule has 1 heterocycles. The number of carbonyl (C=O) groups excluding carboxylic acids is 1. The number of halogens is 3. The zero-order chi connectivity index (χ0) is 22.1. The van der Waals surface area contributed by atoms with Crippen molar-refractivity contribution in [2.45, 2.75) is 18.6 Å². The molecule has 2 rings (SSSR count). The first-order valence-corrected chi connectivity index (χ1v) is 8.57. The standard InChI is InChI=1S/C17H20F3N9O/c18-17(19,20)7-12(8-22)27-16-24-9-13(14(23)30)15(28-16)26-10-2-1-3-11(6-10)29-25-5-4-21/h1-6,9,12,21,29H,7-8,22H2,(H2,23,30)(H2,24,26,27,28)/b21-4?,25-5-. The van der Waals surface area contributed by atoms with E-state index >= 15 is 0 Å². The lowest BCUT2D eigenvalue weighted by atomic mass is 10.2. The maximum atomic E-state index is 12.6. The quantitative estimate of drug-likeness (QED) is 0.251. The molecule has 0 spiro atoms. The van der Waals surface area contributed by atoms with Gasteiger partial charge in [-0.1, -0.05) is 6.07 Å². The molecular formula is C17H20F3N9O. The molecule has 160 valence electrons. The lowest BCUT2D eigenvalue weighted by Crippen LogP contribution is -2.34. The Hall–Kier alpha value is -3.74. The summed E-state index contributed by atoms with van der Waals surface area (Å²) in [5.74, 6) is -0.963. The molecule has 1 aromatic carbocycles. The van der Waals surface area contributed by atoms with Crippen LogP contribution in [0.4, 0.5) is 36.3 Å². The summed E-state index contributed by atoms with van der Waals surface area (Å²) in [6.07, 6.45) is -2.24. The molecule has 0 aliphatic rings. The summed E-state index contributed by atoms with van der Waals surface area (Å²) >= 11 is 0. The van der Waals surface area contributed by atoms with Crippen molar-refractivity contribution in [1.29, 1.82) is 5.41 Å². The van der Waals surface area contributed by atoms with Crippen LogP contribution < -0.4 is 27.5 Å². The predicted molar refractivity (Wildman–Crippen MR) is 108 cm³/mol. The number of benzene rings is 1. The fraction of sp³-hybridized carbons (Fsp3) is 0.235. The molecule has 2 aromatic rings. The van der Waals surface area contributed by atoms with Gasteiger partial charge in [0.05, 0.1) is 18.3 Å². The number of amides is 1. The fourth-order valence-corrected chi connectivity index (χ4v) is 2.33. The Labute approximate surface area is 169 Å². The number of hydrogen-bond donors (Lipinski definition) is 6. The maximum Gasteiger partial charge on any atom is 0.391 e. The van der Waals surface area contributed by atoms with Gasteiger partial charge in [0.1, 0.15) is 11.4 Å². The molecule has 1 amide bonds. The van der Waals surface area contributed by atoms with Gasteiger partial charge in [-0.05, 0) is 18.2 Å². The van der Waals surface area contributed by atoms with Crippen LogP contribution >= 0.6 is 0 Å². The van der Waals surface area contributed by atoms with E-state index in [9.17, 15) is 18.0 Å². The zero-order valence-corrected chi connectivity index (χ0v) is 15.6. The first-order valence-electron chi connectivity index (χ1n) is 8.57. The van der Waals surface area contributed by atoms with Crippen molar-refractivity contribution in [3.8, 4) is 0 Å². The van der Waals surface area contributed by atoms with E-state index in [0.717, 1.165) is 12.4 Å². The second-order valence-electron chi connectivity index (χ2n) is 5.98. The molecule has 0 aliphatic heterocycles. The Morgan fingerprint density at radius 2 is 2.07 bits per heavy atom. The molecule has 1 aromatic heterocycles. The molecule has 0 radical (unpaired) electrons. The van der Waals surface area contributed by atoms with Crippen LogP contribution in [0.15, 0.2) is 35.6 Å². The molecule has 0 fully saturated rings. The highest BCUT2D eigenvalue weighted by atomic mass is 19.4. The second kappa shape index (κ2) is 10.2. The van der Waals surface area contributed by atoms with Gasteiger partial charge in [0.2, 0.25) is 5.95 Å². The number of nitrogens with one attached hydrogen (secondary N) is 4. The van der Waals surface area contributed by atoms with E-state index in [1.54, 1.807) is 24.3 Å². The minimum absolute atomic E-state index is 0.00271. The molecule has 13 heteroatoms. The van der Waals surface area contributed by atoms with Crippen LogP contribution in [0, 0.1) is 5.41 Å². The van der Waals surface area contributed by atoms with Gasteiger partial charge in [-0.15, -0.1) is 0 Å². The Bertz CT molecular complexity index is 918. The third-order valence-electron chi connectivity index (χ3n) is 3.62. The van der Waals surface area contributed by atoms with Gasteiger partial charge in [0.15, 0.2) is 0 Å². The summed E-state index contributed by atoms with van der Waals surface area (Å²) in [6.45, 7) is -0.298. The monoisotopic (exact) mass is 423 g/mol. The molecule has 0 saturated heterocycles. The van der Waals surface area contributed by atoms with Gasteiger partial charge < -0.3 is 27.5 Å². The van der Waals surface area contributed by atoms with Gasteiger partial charge in [-0.3, -0.25) is 10.2 Å². The number of carbonyl (C=O) groups is 1. The lowest BCUT2D eigenvalue weighted by Gasteiger charge is -2.19. The van der Waals surface area contributed by atoms with Crippen molar-refractivity contribution >= 4 is 41.5 Å². The largest absolute Gasteiger partial charge is 0.391 e. The van der Waals surface area contributed by atoms with Crippen molar-refractivity contribution < 1.29 is 18.0 Å². The van der Waals surface area contributed by atoms with Crippen molar-refractivity contribution in [3.05, 3.63) is 36.0 Å². The lowest BCUT2D eigenvalue weighted by molar-refractivity contribution is -0.136. The number of anilines is 4. The average Bonchev–Trinajstić information content (AvgIpc) is 2.67. The third kappa shape index (κ3) is 7.01. The Kier molecular flexibility index (Phi) is 7.63. The van der Waals surface area contributed by atoms with Crippen LogP contribution in [0.5, 0.6) is 0 Å². The summed E-state index contributed by atoms with van der Waals surface area (Å²) in [5.41, 5.74) is 14.4. The summed E-state index contributed by atoms with van der Waals surface area (Å²) in [5, 5.41) is 16.1. The van der Waals surface area contributed by atoms with Crippen molar-refractivity contribution in [2.24, 2.45) is 16.6 Å². The van der Waals surface area contributed by atoms with Gasteiger partial charge in [-0.2, -0.15) is 23.3 Å². The highest BCUT2D eigenvalue weighted by Crippen LogP contribution is 2.25. The highest BCUT2D eigenvalue weighted by molar-refractivity contribution is 6.14. The van der Waals surface area contributed by atoms with E-state index in [2.05, 4.69) is 31.1 Å². The SMILES string of the molecule is N=C/C=N\Nc1cccc(Nc2nc(NC(CN)CC(F)(F)F)ncc2C(N)=O)c1. The Morgan fingerprint density at radius 3 is 2.70 bits per heavy atom. The number of primary amides is 1. The van der Waals surface area contributed by atoms with Crippen LogP contribution in [-0.4, -0.2) is 47.1 Å². The Morgan fingerprint density at radius 1 is 1.33 bits per heavy atom. The first kappa shape index (κ1) is 22.5. The van der Waals surface area contributed by atoms with Gasteiger partial charge in [0, 0.05) is 30.7 Å². The minimum Gasteiger partial charge on any atom is -0.365 e. The van der Waals surface area contributed by atoms with E-state index in [0.29, 0.717) is 11.4 Å². The smallest absolute Gasteiger partial charge is 0.365 e. The van der Waals surface area contributed by atoms with Crippen molar-refractivity contribution in [1.82, 2.24) is 9.97 Å². The fourth-order valence-electron chi connectivity index (χ4n) is 2.33. The number of alkyl halides is 3. The summed E-state index contributed by atoms with van der Waals surface area (Å²) in [6, 6.07) is 5.54. The topological polar surface area (TPSA) is 167 Å². The summed E-state index contributed by atoms with van der Waals surface area (Å²) in [7, 11) is 0. The molecule has 10 nitrogen and oxygen atoms in total. The van der Waals surface area contributed by atoms with Crippen LogP contribution in [0.1, 0.15) is 16.8 Å². The van der Waals surface area contributed by atoms with Crippen molar-refractivity contribution in [3.63, 3.8) is 0 Å². The van der Waals surface area contributed by atoms with Crippen LogP contribution in [0.25, 0.3) is 0 Å². The average molecular weight is 423 g/mol. The number of rotatable bonds is 10. The molecule has 0 saturated carbocycles. The molecule has 0 aliphatic carbocycles. The number of aromatic nitrogens is 2. The number of hydrazone groups is 1. The zero-order valence-electron chi connectivity index (χ0n) is 15.6. The molecule has 1 unspecified atom stereocenters. The van der Waals surface area contributed by atoms with Crippen LogP contribution in [0.3, 0.4) is 0 Å². The first-order chi connectivity index (χ1) is 14.2. The van der Waals surface area contributed by atoms with E-state index in [-0.39, 0.29) is 23.9 Å². The van der Waals surface area contributed by atoms with Crippen molar-refractivity contribution in [2.75, 3.05) is 22.6 Å². The molecule has 8 N–H and O–H groups in total. The normalized spacial score (nSPS) is 12.4. The third-order valence-corrected chi connectivity index (χ3v) is 3.62. The molecule has 30 heavy (non-hydrogen) atoms. The number of hydrogen-bond acceptors (Lipinski definition) is 9. The van der Waals surface area contributed by atoms with Gasteiger partial charge in [0.25, 0.3) is 5.91 Å².